The van der Waals surface area contributed by atoms with Gasteiger partial charge < -0.3 is 19.9 Å². The lowest BCUT2D eigenvalue weighted by atomic mass is 10.1. The lowest BCUT2D eigenvalue weighted by Gasteiger charge is -2.25. The average molecular weight is 453 g/mol. The number of aromatic nitrogens is 1. The van der Waals surface area contributed by atoms with E-state index in [-0.39, 0.29) is 17.1 Å². The summed E-state index contributed by atoms with van der Waals surface area (Å²) in [6.07, 6.45) is 6.18. The Morgan fingerprint density at radius 1 is 1.21 bits per heavy atom. The Morgan fingerprint density at radius 3 is 2.82 bits per heavy atom. The first kappa shape index (κ1) is 22.5. The van der Waals surface area contributed by atoms with Gasteiger partial charge >= 0.3 is 6.03 Å². The van der Waals surface area contributed by atoms with Crippen molar-refractivity contribution in [2.75, 3.05) is 37.7 Å². The van der Waals surface area contributed by atoms with Gasteiger partial charge in [0.2, 0.25) is 0 Å². The number of amides is 2. The molecule has 0 bridgehead atoms. The molecule has 0 spiro atoms. The summed E-state index contributed by atoms with van der Waals surface area (Å²) in [5, 5.41) is 12.9. The Kier molecular flexibility index (Phi) is 6.73. The number of allylic oxidation sites excluding steroid dienone is 3. The van der Waals surface area contributed by atoms with Gasteiger partial charge in [0.15, 0.2) is 11.6 Å². The summed E-state index contributed by atoms with van der Waals surface area (Å²) in [6.45, 7) is 4.45. The van der Waals surface area contributed by atoms with E-state index >= 15 is 0 Å². The van der Waals surface area contributed by atoms with Gasteiger partial charge in [-0.2, -0.15) is 5.26 Å². The van der Waals surface area contributed by atoms with Crippen LogP contribution in [0.1, 0.15) is 31.7 Å². The molecule has 1 aromatic heterocycles. The van der Waals surface area contributed by atoms with E-state index in [4.69, 9.17) is 4.74 Å². The van der Waals surface area contributed by atoms with Crippen LogP contribution in [0.4, 0.5) is 19.4 Å². The molecule has 2 amide bonds. The third-order valence-electron chi connectivity index (χ3n) is 5.72. The van der Waals surface area contributed by atoms with E-state index in [0.717, 1.165) is 30.7 Å². The molecule has 4 rings (SSSR count). The van der Waals surface area contributed by atoms with Gasteiger partial charge in [-0.05, 0) is 38.0 Å². The highest BCUT2D eigenvalue weighted by atomic mass is 19.2. The van der Waals surface area contributed by atoms with Crippen molar-refractivity contribution in [1.82, 2.24) is 15.2 Å². The number of carbonyl (C=O) groups is 1. The number of hydrogen-bond donors (Lipinski definition) is 1. The molecule has 1 saturated heterocycles. The number of ether oxygens (including phenoxy) is 1. The molecule has 1 N–H and O–H groups in total. The number of urea groups is 1. The van der Waals surface area contributed by atoms with E-state index in [2.05, 4.69) is 16.4 Å². The van der Waals surface area contributed by atoms with Gasteiger partial charge in [0.1, 0.15) is 17.6 Å². The van der Waals surface area contributed by atoms with E-state index < -0.39 is 11.6 Å². The maximum Gasteiger partial charge on any atom is 0.322 e. The first-order valence-corrected chi connectivity index (χ1v) is 11.0. The largest absolute Gasteiger partial charge is 0.496 e. The normalized spacial score (nSPS) is 16.5. The van der Waals surface area contributed by atoms with E-state index in [1.807, 2.05) is 24.0 Å². The first-order chi connectivity index (χ1) is 16.0. The number of nitrogens with zero attached hydrogens (tertiary/aromatic N) is 4. The second kappa shape index (κ2) is 9.86. The van der Waals surface area contributed by atoms with Crippen molar-refractivity contribution >= 4 is 22.8 Å². The number of halogens is 2. The van der Waals surface area contributed by atoms with Crippen molar-refractivity contribution < 1.29 is 18.3 Å². The number of nitrogens with one attached hydrogen (secondary N) is 1. The fourth-order valence-corrected chi connectivity index (χ4v) is 4.09. The van der Waals surface area contributed by atoms with Crippen LogP contribution in [-0.4, -0.2) is 48.7 Å². The summed E-state index contributed by atoms with van der Waals surface area (Å²) < 4.78 is 33.0. The summed E-state index contributed by atoms with van der Waals surface area (Å²) in [5.41, 5.74) is 1.25. The predicted molar refractivity (Wildman–Crippen MR) is 120 cm³/mol. The lowest BCUT2D eigenvalue weighted by Crippen LogP contribution is -2.42. The van der Waals surface area contributed by atoms with Gasteiger partial charge in [-0.3, -0.25) is 0 Å². The molecule has 2 heterocycles. The van der Waals surface area contributed by atoms with Crippen LogP contribution in [0.15, 0.2) is 41.8 Å². The van der Waals surface area contributed by atoms with Gasteiger partial charge in [-0.1, -0.05) is 6.08 Å². The maximum atomic E-state index is 13.7. The number of nitriles is 1. The second-order valence-corrected chi connectivity index (χ2v) is 7.90. The molecule has 1 aliphatic heterocycles. The summed E-state index contributed by atoms with van der Waals surface area (Å²) >= 11 is 0. The summed E-state index contributed by atoms with van der Waals surface area (Å²) in [6, 6.07) is 5.50. The van der Waals surface area contributed by atoms with Crippen molar-refractivity contribution in [3.63, 3.8) is 0 Å². The fourth-order valence-electron chi connectivity index (χ4n) is 4.09. The van der Waals surface area contributed by atoms with Gasteiger partial charge in [0.25, 0.3) is 0 Å². The van der Waals surface area contributed by atoms with Gasteiger partial charge in [-0.25, -0.2) is 18.6 Å². The highest BCUT2D eigenvalue weighted by Crippen LogP contribution is 2.26. The van der Waals surface area contributed by atoms with Crippen molar-refractivity contribution in [3.05, 3.63) is 59.0 Å². The number of hydrogen-bond acceptors (Lipinski definition) is 5. The number of fused-ring (bicyclic) bond motifs is 1. The average Bonchev–Trinajstić information content (AvgIpc) is 3.07. The Hall–Kier alpha value is -3.67. The van der Waals surface area contributed by atoms with E-state index in [9.17, 15) is 18.8 Å². The van der Waals surface area contributed by atoms with Crippen molar-refractivity contribution in [1.29, 1.82) is 5.26 Å². The van der Waals surface area contributed by atoms with E-state index in [1.165, 1.54) is 6.07 Å². The highest BCUT2D eigenvalue weighted by molar-refractivity contribution is 5.83. The number of pyridine rings is 1. The smallest absolute Gasteiger partial charge is 0.322 e. The van der Waals surface area contributed by atoms with Crippen LogP contribution < -0.4 is 10.2 Å². The van der Waals surface area contributed by atoms with Gasteiger partial charge in [0.05, 0.1) is 23.4 Å². The number of rotatable bonds is 4. The quantitative estimate of drug-likeness (QED) is 0.750. The molecule has 0 radical (unpaired) electrons. The Balaban J connectivity index is 1.51. The summed E-state index contributed by atoms with van der Waals surface area (Å²) in [4.78, 5) is 21.0. The number of benzene rings is 1. The predicted octanol–water partition coefficient (Wildman–Crippen LogP) is 4.20. The van der Waals surface area contributed by atoms with Crippen LogP contribution in [-0.2, 0) is 4.74 Å². The molecule has 0 saturated carbocycles. The Labute approximate surface area is 190 Å². The third kappa shape index (κ3) is 4.90. The van der Waals surface area contributed by atoms with Crippen LogP contribution in [0.3, 0.4) is 0 Å². The van der Waals surface area contributed by atoms with Crippen LogP contribution in [0.2, 0.25) is 0 Å². The highest BCUT2D eigenvalue weighted by Gasteiger charge is 2.23. The van der Waals surface area contributed by atoms with Crippen LogP contribution >= 0.6 is 0 Å². The zero-order chi connectivity index (χ0) is 23.4. The second-order valence-electron chi connectivity index (χ2n) is 7.90. The van der Waals surface area contributed by atoms with Crippen molar-refractivity contribution in [2.45, 2.75) is 26.2 Å². The van der Waals surface area contributed by atoms with Crippen molar-refractivity contribution in [3.8, 4) is 6.07 Å². The number of anilines is 1. The van der Waals surface area contributed by atoms with Gasteiger partial charge in [0, 0.05) is 44.1 Å². The topological polar surface area (TPSA) is 81.5 Å². The molecule has 172 valence electrons. The molecule has 1 aliphatic carbocycles. The minimum Gasteiger partial charge on any atom is -0.496 e. The fraction of sp³-hybridized carbons (Fsp3) is 0.375. The maximum absolute atomic E-state index is 13.7. The van der Waals surface area contributed by atoms with Crippen LogP contribution in [0.25, 0.3) is 10.9 Å². The Bertz CT molecular complexity index is 1170. The molecule has 0 atom stereocenters. The van der Waals surface area contributed by atoms with E-state index in [1.54, 1.807) is 4.90 Å². The molecular formula is C24H25F2N5O2. The Morgan fingerprint density at radius 2 is 2.03 bits per heavy atom. The number of carbonyl (C=O) groups excluding carboxylic acids is 1. The molecule has 33 heavy (non-hydrogen) atoms. The molecule has 7 nitrogen and oxygen atoms in total. The molecule has 1 aromatic carbocycles. The zero-order valence-electron chi connectivity index (χ0n) is 18.4. The zero-order valence-corrected chi connectivity index (χ0v) is 18.4. The van der Waals surface area contributed by atoms with Gasteiger partial charge in [-0.15, -0.1) is 0 Å². The van der Waals surface area contributed by atoms with Crippen LogP contribution in [0, 0.1) is 23.0 Å². The van der Waals surface area contributed by atoms with E-state index in [0.29, 0.717) is 56.1 Å². The minimum atomic E-state index is -0.984. The standard InChI is InChI=1S/C24H25F2N5O2/c1-2-33-22-7-4-3-6-20(22)29-24(32)31-9-5-8-30(10-11-31)23-17(15-27)12-16-13-18(25)19(26)14-21(16)28-23/h3,6,12-14H,2,4-5,7-11H2,1H3,(H,29,32). The third-order valence-corrected chi connectivity index (χ3v) is 5.72. The summed E-state index contributed by atoms with van der Waals surface area (Å²) in [5.74, 6) is -0.767. The molecule has 2 aromatic rings. The molecular weight excluding hydrogens is 428 g/mol. The monoisotopic (exact) mass is 453 g/mol. The lowest BCUT2D eigenvalue weighted by molar-refractivity contribution is 0.197. The molecule has 0 unspecified atom stereocenters. The minimum absolute atomic E-state index is 0.208. The molecule has 1 fully saturated rings. The summed E-state index contributed by atoms with van der Waals surface area (Å²) in [7, 11) is 0. The molecule has 9 heteroatoms. The van der Waals surface area contributed by atoms with Crippen molar-refractivity contribution in [2.24, 2.45) is 0 Å². The first-order valence-electron chi connectivity index (χ1n) is 11.0. The van der Waals surface area contributed by atoms with Crippen LogP contribution in [0.5, 0.6) is 0 Å². The molecule has 2 aliphatic rings. The SMILES string of the molecule is CCOC1=C(NC(=O)N2CCCN(c3nc4cc(F)c(F)cc4cc3C#N)CC2)C=CCC1.